The lowest BCUT2D eigenvalue weighted by Crippen LogP contribution is -2.37. The van der Waals surface area contributed by atoms with Crippen molar-refractivity contribution in [1.82, 2.24) is 5.32 Å². The molecule has 4 nitrogen and oxygen atoms in total. The Hall–Kier alpha value is -1.17. The van der Waals surface area contributed by atoms with Gasteiger partial charge in [0, 0.05) is 26.5 Å². The molecule has 0 amide bonds. The van der Waals surface area contributed by atoms with Crippen molar-refractivity contribution in [2.24, 2.45) is 0 Å². The van der Waals surface area contributed by atoms with Crippen LogP contribution in [0.2, 0.25) is 0 Å². The van der Waals surface area contributed by atoms with Gasteiger partial charge in [-0.05, 0) is 24.4 Å². The summed E-state index contributed by atoms with van der Waals surface area (Å²) < 4.78 is 10.2. The summed E-state index contributed by atoms with van der Waals surface area (Å²) >= 11 is 5.17. The molecule has 1 unspecified atom stereocenters. The summed E-state index contributed by atoms with van der Waals surface area (Å²) in [5, 5.41) is 6.75. The molecule has 94 valence electrons. The van der Waals surface area contributed by atoms with E-state index >= 15 is 0 Å². The van der Waals surface area contributed by atoms with Crippen LogP contribution in [-0.4, -0.2) is 38.6 Å². The largest absolute Gasteiger partial charge is 0.382 e. The molecule has 2 N–H and O–H groups in total. The molecule has 0 spiro atoms. The highest BCUT2D eigenvalue weighted by Crippen LogP contribution is 2.04. The SMILES string of the molecule is COCC(CNC(=S)Nc1ccccc1)OC. The average Bonchev–Trinajstić information content (AvgIpc) is 2.35. The molecule has 1 atom stereocenters. The molecule has 0 saturated heterocycles. The number of nitrogens with one attached hydrogen (secondary N) is 2. The van der Waals surface area contributed by atoms with Gasteiger partial charge in [0.1, 0.15) is 0 Å². The van der Waals surface area contributed by atoms with E-state index in [-0.39, 0.29) is 6.10 Å². The molecular formula is C12H18N2O2S. The van der Waals surface area contributed by atoms with Crippen molar-refractivity contribution in [2.45, 2.75) is 6.10 Å². The van der Waals surface area contributed by atoms with Crippen LogP contribution in [0.4, 0.5) is 5.69 Å². The lowest BCUT2D eigenvalue weighted by Gasteiger charge is -2.16. The zero-order valence-electron chi connectivity index (χ0n) is 10.1. The number of thiocarbonyl (C=S) groups is 1. The summed E-state index contributed by atoms with van der Waals surface area (Å²) in [4.78, 5) is 0. The molecule has 5 heteroatoms. The Morgan fingerprint density at radius 1 is 1.29 bits per heavy atom. The number of benzene rings is 1. The second-order valence-corrected chi connectivity index (χ2v) is 3.92. The second kappa shape index (κ2) is 8.00. The van der Waals surface area contributed by atoms with E-state index in [0.29, 0.717) is 18.3 Å². The fourth-order valence-corrected chi connectivity index (χ4v) is 1.50. The first-order valence-electron chi connectivity index (χ1n) is 5.38. The number of methoxy groups -OCH3 is 2. The third kappa shape index (κ3) is 5.63. The average molecular weight is 254 g/mol. The molecule has 0 saturated carbocycles. The predicted molar refractivity (Wildman–Crippen MR) is 73.3 cm³/mol. The first kappa shape index (κ1) is 13.9. The van der Waals surface area contributed by atoms with Gasteiger partial charge in [-0.25, -0.2) is 0 Å². The van der Waals surface area contributed by atoms with Gasteiger partial charge in [-0.1, -0.05) is 18.2 Å². The first-order valence-corrected chi connectivity index (χ1v) is 5.78. The highest BCUT2D eigenvalue weighted by molar-refractivity contribution is 7.80. The van der Waals surface area contributed by atoms with Gasteiger partial charge in [0.25, 0.3) is 0 Å². The molecule has 1 aromatic rings. The zero-order chi connectivity index (χ0) is 12.5. The second-order valence-electron chi connectivity index (χ2n) is 3.51. The smallest absolute Gasteiger partial charge is 0.170 e. The first-order chi connectivity index (χ1) is 8.26. The van der Waals surface area contributed by atoms with E-state index in [1.165, 1.54) is 0 Å². The maximum Gasteiger partial charge on any atom is 0.170 e. The normalized spacial score (nSPS) is 11.9. The van der Waals surface area contributed by atoms with Crippen molar-refractivity contribution in [2.75, 3.05) is 32.7 Å². The van der Waals surface area contributed by atoms with Crippen LogP contribution in [0.5, 0.6) is 0 Å². The Morgan fingerprint density at radius 3 is 2.59 bits per heavy atom. The zero-order valence-corrected chi connectivity index (χ0v) is 10.9. The fourth-order valence-electron chi connectivity index (χ4n) is 1.30. The third-order valence-electron chi connectivity index (χ3n) is 2.21. The molecule has 0 bridgehead atoms. The van der Waals surface area contributed by atoms with Gasteiger partial charge < -0.3 is 20.1 Å². The maximum atomic E-state index is 5.22. The highest BCUT2D eigenvalue weighted by Gasteiger charge is 2.07. The lowest BCUT2D eigenvalue weighted by atomic mass is 10.3. The Balaban J connectivity index is 2.30. The van der Waals surface area contributed by atoms with Crippen LogP contribution in [-0.2, 0) is 9.47 Å². The van der Waals surface area contributed by atoms with Crippen LogP contribution in [0.15, 0.2) is 30.3 Å². The molecule has 17 heavy (non-hydrogen) atoms. The van der Waals surface area contributed by atoms with Crippen LogP contribution in [0.1, 0.15) is 0 Å². The van der Waals surface area contributed by atoms with Crippen molar-refractivity contribution in [1.29, 1.82) is 0 Å². The Kier molecular flexibility index (Phi) is 6.54. The van der Waals surface area contributed by atoms with Crippen molar-refractivity contribution in [3.05, 3.63) is 30.3 Å². The number of hydrogen-bond acceptors (Lipinski definition) is 3. The molecule has 0 fully saturated rings. The molecule has 1 aromatic carbocycles. The summed E-state index contributed by atoms with van der Waals surface area (Å²) in [5.41, 5.74) is 0.964. The predicted octanol–water partition coefficient (Wildman–Crippen LogP) is 1.63. The molecule has 0 aromatic heterocycles. The van der Waals surface area contributed by atoms with E-state index in [2.05, 4.69) is 10.6 Å². The lowest BCUT2D eigenvalue weighted by molar-refractivity contribution is 0.0316. The minimum absolute atomic E-state index is 0.00415. The van der Waals surface area contributed by atoms with Crippen molar-refractivity contribution in [3.8, 4) is 0 Å². The van der Waals surface area contributed by atoms with Crippen LogP contribution in [0, 0.1) is 0 Å². The highest BCUT2D eigenvalue weighted by atomic mass is 32.1. The van der Waals surface area contributed by atoms with E-state index < -0.39 is 0 Å². The number of para-hydroxylation sites is 1. The Labute approximate surface area is 107 Å². The van der Waals surface area contributed by atoms with E-state index in [4.69, 9.17) is 21.7 Å². The molecule has 0 radical (unpaired) electrons. The van der Waals surface area contributed by atoms with E-state index in [1.807, 2.05) is 30.3 Å². The quantitative estimate of drug-likeness (QED) is 0.755. The van der Waals surface area contributed by atoms with Gasteiger partial charge in [0.05, 0.1) is 12.7 Å². The Bertz CT molecular complexity index is 333. The van der Waals surface area contributed by atoms with E-state index in [0.717, 1.165) is 5.69 Å². The minimum atomic E-state index is -0.00415. The van der Waals surface area contributed by atoms with Crippen molar-refractivity contribution in [3.63, 3.8) is 0 Å². The Morgan fingerprint density at radius 2 is 2.00 bits per heavy atom. The van der Waals surface area contributed by atoms with Gasteiger partial charge in [0.2, 0.25) is 0 Å². The minimum Gasteiger partial charge on any atom is -0.382 e. The molecule has 0 aliphatic heterocycles. The summed E-state index contributed by atoms with van der Waals surface area (Å²) in [6.45, 7) is 1.15. The fraction of sp³-hybridized carbons (Fsp3) is 0.417. The standard InChI is InChI=1S/C12H18N2O2S/c1-15-9-11(16-2)8-13-12(17)14-10-6-4-3-5-7-10/h3-7,11H,8-9H2,1-2H3,(H2,13,14,17). The monoisotopic (exact) mass is 254 g/mol. The number of hydrogen-bond donors (Lipinski definition) is 2. The van der Waals surface area contributed by atoms with Gasteiger partial charge in [0.15, 0.2) is 5.11 Å². The van der Waals surface area contributed by atoms with E-state index in [9.17, 15) is 0 Å². The summed E-state index contributed by atoms with van der Waals surface area (Å²) in [6.07, 6.45) is -0.00415. The van der Waals surface area contributed by atoms with Crippen LogP contribution < -0.4 is 10.6 Å². The topological polar surface area (TPSA) is 42.5 Å². The van der Waals surface area contributed by atoms with Crippen LogP contribution in [0.3, 0.4) is 0 Å². The van der Waals surface area contributed by atoms with E-state index in [1.54, 1.807) is 14.2 Å². The summed E-state index contributed by atoms with van der Waals surface area (Å²) in [5.74, 6) is 0. The summed E-state index contributed by atoms with van der Waals surface area (Å²) in [6, 6.07) is 9.77. The number of ether oxygens (including phenoxy) is 2. The molecule has 0 heterocycles. The number of rotatable bonds is 6. The van der Waals surface area contributed by atoms with Crippen molar-refractivity contribution >= 4 is 23.0 Å². The van der Waals surface area contributed by atoms with Crippen LogP contribution >= 0.6 is 12.2 Å². The molecule has 0 aliphatic carbocycles. The molecule has 1 rings (SSSR count). The van der Waals surface area contributed by atoms with Crippen LogP contribution in [0.25, 0.3) is 0 Å². The maximum absolute atomic E-state index is 5.22. The van der Waals surface area contributed by atoms with Crippen molar-refractivity contribution < 1.29 is 9.47 Å². The summed E-state index contributed by atoms with van der Waals surface area (Å²) in [7, 11) is 3.30. The number of anilines is 1. The molecule has 0 aliphatic rings. The van der Waals surface area contributed by atoms with Gasteiger partial charge >= 0.3 is 0 Å². The third-order valence-corrected chi connectivity index (χ3v) is 2.45. The van der Waals surface area contributed by atoms with Gasteiger partial charge in [-0.15, -0.1) is 0 Å². The van der Waals surface area contributed by atoms with Gasteiger partial charge in [-0.2, -0.15) is 0 Å². The van der Waals surface area contributed by atoms with Gasteiger partial charge in [-0.3, -0.25) is 0 Å². The molecular weight excluding hydrogens is 236 g/mol.